The fourth-order valence-electron chi connectivity index (χ4n) is 1.34. The van der Waals surface area contributed by atoms with Gasteiger partial charge in [0.2, 0.25) is 5.16 Å². The van der Waals surface area contributed by atoms with Crippen LogP contribution in [0.1, 0.15) is 5.56 Å². The van der Waals surface area contributed by atoms with Crippen LogP contribution in [0.4, 0.5) is 0 Å². The molecular weight excluding hydrogens is 304 g/mol. The van der Waals surface area contributed by atoms with Crippen molar-refractivity contribution < 1.29 is 4.74 Å². The lowest BCUT2D eigenvalue weighted by Gasteiger charge is -2.08. The highest BCUT2D eigenvalue weighted by atomic mass is 79.9. The molecule has 0 radical (unpaired) electrons. The summed E-state index contributed by atoms with van der Waals surface area (Å²) in [6.07, 6.45) is 1.47. The first-order valence-corrected chi connectivity index (χ1v) is 6.59. The monoisotopic (exact) mass is 314 g/mol. The average molecular weight is 315 g/mol. The number of nitrogens with zero attached hydrogens (tertiary/aromatic N) is 3. The van der Waals surface area contributed by atoms with Crippen LogP contribution in [-0.2, 0) is 5.75 Å². The van der Waals surface area contributed by atoms with Gasteiger partial charge in [-0.15, -0.1) is 10.2 Å². The van der Waals surface area contributed by atoms with Crippen LogP contribution in [0.25, 0.3) is 0 Å². The van der Waals surface area contributed by atoms with Crippen molar-refractivity contribution in [2.75, 3.05) is 13.0 Å². The molecule has 2 aromatic rings. The first kappa shape index (κ1) is 12.3. The Hall–Kier alpha value is -1.21. The van der Waals surface area contributed by atoms with Crippen LogP contribution in [0, 0.1) is 0 Å². The molecular formula is C10H11BrN4OS. The molecule has 5 nitrogen and oxygen atoms in total. The van der Waals surface area contributed by atoms with Crippen LogP contribution in [-0.4, -0.2) is 22.0 Å². The third-order valence-electron chi connectivity index (χ3n) is 2.14. The van der Waals surface area contributed by atoms with Gasteiger partial charge in [-0.25, -0.2) is 4.68 Å². The van der Waals surface area contributed by atoms with Crippen molar-refractivity contribution in [1.82, 2.24) is 14.9 Å². The number of hydrogen-bond donors (Lipinski definition) is 1. The number of thioether (sulfide) groups is 1. The highest BCUT2D eigenvalue weighted by molar-refractivity contribution is 9.10. The van der Waals surface area contributed by atoms with Crippen molar-refractivity contribution in [1.29, 1.82) is 0 Å². The molecule has 0 unspecified atom stereocenters. The summed E-state index contributed by atoms with van der Waals surface area (Å²) in [4.78, 5) is 0. The number of hydrogen-bond acceptors (Lipinski definition) is 5. The molecule has 0 aliphatic carbocycles. The normalized spacial score (nSPS) is 10.5. The van der Waals surface area contributed by atoms with Gasteiger partial charge in [-0.05, 0) is 18.2 Å². The summed E-state index contributed by atoms with van der Waals surface area (Å²) in [5.74, 6) is 7.21. The number of rotatable bonds is 4. The first-order chi connectivity index (χ1) is 8.20. The Bertz CT molecular complexity index is 517. The topological polar surface area (TPSA) is 66.0 Å². The summed E-state index contributed by atoms with van der Waals surface area (Å²) in [6.45, 7) is 0. The second-order valence-electron chi connectivity index (χ2n) is 3.27. The Kier molecular flexibility index (Phi) is 3.90. The maximum absolute atomic E-state index is 5.64. The van der Waals surface area contributed by atoms with E-state index in [-0.39, 0.29) is 0 Å². The summed E-state index contributed by atoms with van der Waals surface area (Å²) in [6, 6.07) is 5.88. The van der Waals surface area contributed by atoms with Crippen LogP contribution in [0.2, 0.25) is 0 Å². The van der Waals surface area contributed by atoms with Crippen molar-refractivity contribution in [3.63, 3.8) is 0 Å². The van der Waals surface area contributed by atoms with E-state index < -0.39 is 0 Å². The van der Waals surface area contributed by atoms with Gasteiger partial charge in [-0.3, -0.25) is 0 Å². The van der Waals surface area contributed by atoms with Crippen LogP contribution in [0.5, 0.6) is 5.75 Å². The molecule has 1 aromatic heterocycles. The molecule has 0 aliphatic rings. The van der Waals surface area contributed by atoms with E-state index in [2.05, 4.69) is 26.1 Å². The Labute approximate surface area is 111 Å². The Morgan fingerprint density at radius 1 is 1.53 bits per heavy atom. The molecule has 2 rings (SSSR count). The zero-order chi connectivity index (χ0) is 12.3. The van der Waals surface area contributed by atoms with E-state index in [1.807, 2.05) is 18.2 Å². The van der Waals surface area contributed by atoms with Crippen molar-refractivity contribution in [3.8, 4) is 5.75 Å². The van der Waals surface area contributed by atoms with Gasteiger partial charge >= 0.3 is 0 Å². The second-order valence-corrected chi connectivity index (χ2v) is 5.12. The quantitative estimate of drug-likeness (QED) is 0.691. The van der Waals surface area contributed by atoms with E-state index in [1.54, 1.807) is 7.11 Å². The van der Waals surface area contributed by atoms with Crippen LogP contribution >= 0.6 is 27.7 Å². The first-order valence-electron chi connectivity index (χ1n) is 4.81. The summed E-state index contributed by atoms with van der Waals surface area (Å²) in [7, 11) is 1.66. The smallest absolute Gasteiger partial charge is 0.209 e. The third kappa shape index (κ3) is 2.92. The average Bonchev–Trinajstić information content (AvgIpc) is 2.72. The largest absolute Gasteiger partial charge is 0.496 e. The van der Waals surface area contributed by atoms with Crippen LogP contribution in [0.15, 0.2) is 34.2 Å². The molecule has 0 bridgehead atoms. The molecule has 7 heteroatoms. The summed E-state index contributed by atoms with van der Waals surface area (Å²) in [5, 5.41) is 8.30. The fraction of sp³-hybridized carbons (Fsp3) is 0.200. The predicted molar refractivity (Wildman–Crippen MR) is 70.4 cm³/mol. The van der Waals surface area contributed by atoms with E-state index in [1.165, 1.54) is 22.8 Å². The molecule has 0 amide bonds. The molecule has 0 atom stereocenters. The molecule has 1 heterocycles. The zero-order valence-electron chi connectivity index (χ0n) is 9.13. The number of aromatic nitrogens is 3. The lowest BCUT2D eigenvalue weighted by atomic mass is 10.2. The molecule has 0 fully saturated rings. The zero-order valence-corrected chi connectivity index (χ0v) is 11.5. The minimum Gasteiger partial charge on any atom is -0.496 e. The van der Waals surface area contributed by atoms with Crippen molar-refractivity contribution >= 4 is 27.7 Å². The summed E-state index contributed by atoms with van der Waals surface area (Å²) >= 11 is 4.94. The molecule has 0 aliphatic heterocycles. The van der Waals surface area contributed by atoms with E-state index >= 15 is 0 Å². The van der Waals surface area contributed by atoms with Gasteiger partial charge in [0.05, 0.1) is 7.11 Å². The minimum atomic E-state index is 0.673. The number of halogens is 1. The summed E-state index contributed by atoms with van der Waals surface area (Å²) < 4.78 is 7.71. The lowest BCUT2D eigenvalue weighted by molar-refractivity contribution is 0.411. The van der Waals surface area contributed by atoms with Crippen molar-refractivity contribution in [3.05, 3.63) is 34.6 Å². The number of nitrogen functional groups attached to an aromatic ring is 1. The Morgan fingerprint density at radius 2 is 2.35 bits per heavy atom. The molecule has 1 aromatic carbocycles. The van der Waals surface area contributed by atoms with Gasteiger partial charge in [-0.1, -0.05) is 27.7 Å². The van der Waals surface area contributed by atoms with Gasteiger partial charge in [0.25, 0.3) is 0 Å². The van der Waals surface area contributed by atoms with Crippen molar-refractivity contribution in [2.45, 2.75) is 10.9 Å². The number of benzene rings is 1. The van der Waals surface area contributed by atoms with E-state index in [9.17, 15) is 0 Å². The maximum Gasteiger partial charge on any atom is 0.209 e. The SMILES string of the molecule is COc1ccc(Br)cc1CSc1nncn1N. The number of methoxy groups -OCH3 is 1. The number of ether oxygens (including phenoxy) is 1. The van der Waals surface area contributed by atoms with Gasteiger partial charge in [0.15, 0.2) is 0 Å². The molecule has 2 N–H and O–H groups in total. The van der Waals surface area contributed by atoms with E-state index in [0.717, 1.165) is 21.5 Å². The highest BCUT2D eigenvalue weighted by Gasteiger charge is 2.07. The van der Waals surface area contributed by atoms with E-state index in [4.69, 9.17) is 10.6 Å². The van der Waals surface area contributed by atoms with Crippen LogP contribution < -0.4 is 10.6 Å². The molecule has 0 spiro atoms. The maximum atomic E-state index is 5.64. The molecule has 0 saturated heterocycles. The van der Waals surface area contributed by atoms with Gasteiger partial charge in [-0.2, -0.15) is 0 Å². The molecule has 17 heavy (non-hydrogen) atoms. The fourth-order valence-corrected chi connectivity index (χ4v) is 2.56. The number of nitrogens with two attached hydrogens (primary N) is 1. The highest BCUT2D eigenvalue weighted by Crippen LogP contribution is 2.28. The van der Waals surface area contributed by atoms with Gasteiger partial charge in [0, 0.05) is 15.8 Å². The molecule has 0 saturated carbocycles. The Morgan fingerprint density at radius 3 is 3.00 bits per heavy atom. The second kappa shape index (κ2) is 5.42. The lowest BCUT2D eigenvalue weighted by Crippen LogP contribution is -2.07. The van der Waals surface area contributed by atoms with Crippen molar-refractivity contribution in [2.24, 2.45) is 0 Å². The van der Waals surface area contributed by atoms with Gasteiger partial charge < -0.3 is 10.6 Å². The predicted octanol–water partition coefficient (Wildman–Crippen LogP) is 2.06. The van der Waals surface area contributed by atoms with E-state index in [0.29, 0.717) is 5.16 Å². The summed E-state index contributed by atoms with van der Waals surface area (Å²) in [5.41, 5.74) is 1.08. The molecule has 90 valence electrons. The standard InChI is InChI=1S/C10H11BrN4OS/c1-16-9-3-2-8(11)4-7(9)5-17-10-14-13-6-15(10)12/h2-4,6H,5,12H2,1H3. The van der Waals surface area contributed by atoms with Gasteiger partial charge in [0.1, 0.15) is 12.1 Å². The minimum absolute atomic E-state index is 0.673. The van der Waals surface area contributed by atoms with Crippen LogP contribution in [0.3, 0.4) is 0 Å². The Balaban J connectivity index is 2.13. The third-order valence-corrected chi connectivity index (χ3v) is 3.64.